The first-order valence-corrected chi connectivity index (χ1v) is 10.0. The van der Waals surface area contributed by atoms with Crippen molar-refractivity contribution >= 4 is 40.9 Å². The van der Waals surface area contributed by atoms with Gasteiger partial charge in [-0.15, -0.1) is 0 Å². The lowest BCUT2D eigenvalue weighted by Crippen LogP contribution is -2.07. The van der Waals surface area contributed by atoms with E-state index in [1.54, 1.807) is 31.4 Å². The van der Waals surface area contributed by atoms with Crippen LogP contribution >= 0.6 is 23.2 Å². The van der Waals surface area contributed by atoms with Crippen molar-refractivity contribution in [1.29, 1.82) is 0 Å². The molecule has 0 aliphatic rings. The van der Waals surface area contributed by atoms with E-state index in [0.717, 1.165) is 18.4 Å². The summed E-state index contributed by atoms with van der Waals surface area (Å²) in [6.07, 6.45) is 7.75. The standard InChI is InChI=1S/C22H25Cl2NO3/c1-3-4-5-6-13-28-20-11-7-16(14-21(20)27-2)8-12-22(26)25-17-9-10-18(23)19(24)15-17/h7-12,14-15H,3-6,13H2,1-2H3,(H,25,26)/b12-8+. The Kier molecular flexibility index (Phi) is 9.18. The van der Waals surface area contributed by atoms with Crippen LogP contribution in [0.15, 0.2) is 42.5 Å². The largest absolute Gasteiger partial charge is 0.493 e. The predicted molar refractivity (Wildman–Crippen MR) is 117 cm³/mol. The SMILES string of the molecule is CCCCCCOc1ccc(/C=C/C(=O)Nc2ccc(Cl)c(Cl)c2)cc1OC. The Balaban J connectivity index is 1.94. The molecule has 0 spiro atoms. The van der Waals surface area contributed by atoms with E-state index in [4.69, 9.17) is 32.7 Å². The van der Waals surface area contributed by atoms with E-state index in [1.165, 1.54) is 18.9 Å². The quantitative estimate of drug-likeness (QED) is 0.346. The molecule has 2 aromatic rings. The van der Waals surface area contributed by atoms with Crippen LogP contribution in [0.4, 0.5) is 5.69 Å². The van der Waals surface area contributed by atoms with Gasteiger partial charge in [-0.1, -0.05) is 55.5 Å². The monoisotopic (exact) mass is 421 g/mol. The molecule has 4 nitrogen and oxygen atoms in total. The van der Waals surface area contributed by atoms with E-state index in [9.17, 15) is 4.79 Å². The molecule has 0 unspecified atom stereocenters. The summed E-state index contributed by atoms with van der Waals surface area (Å²) in [7, 11) is 1.60. The van der Waals surface area contributed by atoms with Gasteiger partial charge in [0.25, 0.3) is 0 Å². The number of halogens is 2. The second kappa shape index (κ2) is 11.6. The Hall–Kier alpha value is -2.17. The summed E-state index contributed by atoms with van der Waals surface area (Å²) in [4.78, 5) is 12.1. The zero-order chi connectivity index (χ0) is 20.4. The summed E-state index contributed by atoms with van der Waals surface area (Å²) in [5.74, 6) is 1.08. The Morgan fingerprint density at radius 3 is 2.57 bits per heavy atom. The molecule has 1 N–H and O–H groups in total. The number of anilines is 1. The van der Waals surface area contributed by atoms with Gasteiger partial charge in [0.15, 0.2) is 11.5 Å². The van der Waals surface area contributed by atoms with Crippen molar-refractivity contribution in [3.05, 3.63) is 58.1 Å². The van der Waals surface area contributed by atoms with Crippen molar-refractivity contribution in [1.82, 2.24) is 0 Å². The molecule has 0 bridgehead atoms. The number of carbonyl (C=O) groups is 1. The molecule has 2 aromatic carbocycles. The molecule has 150 valence electrons. The molecule has 0 saturated carbocycles. The summed E-state index contributed by atoms with van der Waals surface area (Å²) < 4.78 is 11.2. The van der Waals surface area contributed by atoms with Crippen LogP contribution in [0.1, 0.15) is 38.2 Å². The van der Waals surface area contributed by atoms with Gasteiger partial charge in [0.2, 0.25) is 5.91 Å². The zero-order valence-electron chi connectivity index (χ0n) is 16.1. The molecule has 0 fully saturated rings. The Bertz CT molecular complexity index is 821. The number of unbranched alkanes of at least 4 members (excludes halogenated alkanes) is 3. The molecule has 0 saturated heterocycles. The number of hydrogen-bond donors (Lipinski definition) is 1. The molecule has 0 aliphatic carbocycles. The smallest absolute Gasteiger partial charge is 0.248 e. The number of amides is 1. The molecule has 0 aromatic heterocycles. The average Bonchev–Trinajstić information content (AvgIpc) is 2.69. The highest BCUT2D eigenvalue weighted by Gasteiger charge is 2.06. The Morgan fingerprint density at radius 1 is 1.04 bits per heavy atom. The number of nitrogens with one attached hydrogen (secondary N) is 1. The van der Waals surface area contributed by atoms with Gasteiger partial charge in [-0.25, -0.2) is 0 Å². The second-order valence-electron chi connectivity index (χ2n) is 6.27. The van der Waals surface area contributed by atoms with E-state index >= 15 is 0 Å². The summed E-state index contributed by atoms with van der Waals surface area (Å²) in [6.45, 7) is 2.85. The van der Waals surface area contributed by atoms with Crippen molar-refractivity contribution in [2.75, 3.05) is 19.0 Å². The number of benzene rings is 2. The van der Waals surface area contributed by atoms with Crippen LogP contribution in [0.25, 0.3) is 6.08 Å². The lowest BCUT2D eigenvalue weighted by molar-refractivity contribution is -0.111. The van der Waals surface area contributed by atoms with Crippen LogP contribution in [0.2, 0.25) is 10.0 Å². The van der Waals surface area contributed by atoms with E-state index in [2.05, 4.69) is 12.2 Å². The van der Waals surface area contributed by atoms with Crippen molar-refractivity contribution in [3.8, 4) is 11.5 Å². The highest BCUT2D eigenvalue weighted by Crippen LogP contribution is 2.29. The molecule has 2 rings (SSSR count). The van der Waals surface area contributed by atoms with Gasteiger partial charge in [-0.2, -0.15) is 0 Å². The second-order valence-corrected chi connectivity index (χ2v) is 7.09. The van der Waals surface area contributed by atoms with Crippen LogP contribution in [-0.4, -0.2) is 19.6 Å². The number of ether oxygens (including phenoxy) is 2. The minimum Gasteiger partial charge on any atom is -0.493 e. The third kappa shape index (κ3) is 7.10. The minimum absolute atomic E-state index is 0.270. The van der Waals surface area contributed by atoms with Gasteiger partial charge < -0.3 is 14.8 Å². The van der Waals surface area contributed by atoms with Crippen molar-refractivity contribution < 1.29 is 14.3 Å². The van der Waals surface area contributed by atoms with Gasteiger partial charge in [-0.3, -0.25) is 4.79 Å². The third-order valence-electron chi connectivity index (χ3n) is 4.06. The van der Waals surface area contributed by atoms with E-state index in [-0.39, 0.29) is 5.91 Å². The van der Waals surface area contributed by atoms with E-state index in [0.29, 0.717) is 33.8 Å². The highest BCUT2D eigenvalue weighted by molar-refractivity contribution is 6.42. The fourth-order valence-corrected chi connectivity index (χ4v) is 2.85. The van der Waals surface area contributed by atoms with Gasteiger partial charge in [-0.05, 0) is 48.4 Å². The third-order valence-corrected chi connectivity index (χ3v) is 4.80. The fourth-order valence-electron chi connectivity index (χ4n) is 2.55. The lowest BCUT2D eigenvalue weighted by atomic mass is 10.2. The molecule has 0 aliphatic heterocycles. The molecule has 0 heterocycles. The van der Waals surface area contributed by atoms with Crippen LogP contribution < -0.4 is 14.8 Å². The van der Waals surface area contributed by atoms with Gasteiger partial charge >= 0.3 is 0 Å². The van der Waals surface area contributed by atoms with Crippen LogP contribution in [0.5, 0.6) is 11.5 Å². The number of methoxy groups -OCH3 is 1. The van der Waals surface area contributed by atoms with Gasteiger partial charge in [0.05, 0.1) is 23.8 Å². The molecular weight excluding hydrogens is 397 g/mol. The van der Waals surface area contributed by atoms with Gasteiger partial charge in [0, 0.05) is 11.8 Å². The summed E-state index contributed by atoms with van der Waals surface area (Å²) in [5.41, 5.74) is 1.41. The van der Waals surface area contributed by atoms with E-state index in [1.807, 2.05) is 18.2 Å². The van der Waals surface area contributed by atoms with Crippen LogP contribution in [0, 0.1) is 0 Å². The molecule has 6 heteroatoms. The predicted octanol–water partition coefficient (Wildman–Crippen LogP) is 6.61. The highest BCUT2D eigenvalue weighted by atomic mass is 35.5. The Labute approximate surface area is 176 Å². The summed E-state index contributed by atoms with van der Waals surface area (Å²) in [5, 5.41) is 3.57. The average molecular weight is 422 g/mol. The fraction of sp³-hybridized carbons (Fsp3) is 0.318. The maximum atomic E-state index is 12.1. The van der Waals surface area contributed by atoms with E-state index < -0.39 is 0 Å². The molecule has 0 radical (unpaired) electrons. The molecule has 28 heavy (non-hydrogen) atoms. The van der Waals surface area contributed by atoms with Crippen LogP contribution in [0.3, 0.4) is 0 Å². The number of carbonyl (C=O) groups excluding carboxylic acids is 1. The van der Waals surface area contributed by atoms with Crippen molar-refractivity contribution in [2.24, 2.45) is 0 Å². The van der Waals surface area contributed by atoms with Crippen molar-refractivity contribution in [2.45, 2.75) is 32.6 Å². The molecule has 1 amide bonds. The summed E-state index contributed by atoms with van der Waals surface area (Å²) >= 11 is 11.8. The topological polar surface area (TPSA) is 47.6 Å². The first kappa shape index (κ1) is 22.1. The van der Waals surface area contributed by atoms with Crippen molar-refractivity contribution in [3.63, 3.8) is 0 Å². The zero-order valence-corrected chi connectivity index (χ0v) is 17.6. The maximum absolute atomic E-state index is 12.1. The lowest BCUT2D eigenvalue weighted by Gasteiger charge is -2.11. The number of rotatable bonds is 10. The molecular formula is C22H25Cl2NO3. The van der Waals surface area contributed by atoms with Crippen LogP contribution in [-0.2, 0) is 4.79 Å². The minimum atomic E-state index is -0.270. The summed E-state index contributed by atoms with van der Waals surface area (Å²) in [6, 6.07) is 10.5. The maximum Gasteiger partial charge on any atom is 0.248 e. The first-order chi connectivity index (χ1) is 13.5. The van der Waals surface area contributed by atoms with Gasteiger partial charge in [0.1, 0.15) is 0 Å². The molecule has 0 atom stereocenters. The first-order valence-electron chi connectivity index (χ1n) is 9.28. The normalized spacial score (nSPS) is 10.9. The number of hydrogen-bond acceptors (Lipinski definition) is 3. The Morgan fingerprint density at radius 2 is 1.86 bits per heavy atom.